The Morgan fingerprint density at radius 3 is 2.64 bits per heavy atom. The van der Waals surface area contributed by atoms with E-state index in [4.69, 9.17) is 23.2 Å². The maximum atomic E-state index is 6.24. The Hall–Kier alpha value is -2.02. The largest absolute Gasteiger partial charge is 0.265 e. The molecule has 0 aliphatic rings. The molecule has 4 rings (SSSR count). The number of rotatable bonds is 2. The van der Waals surface area contributed by atoms with Gasteiger partial charge in [0, 0.05) is 28.5 Å². The molecule has 1 aromatic carbocycles. The molecule has 0 atom stereocenters. The first-order valence-electron chi connectivity index (χ1n) is 6.30. The van der Waals surface area contributed by atoms with E-state index in [0.717, 1.165) is 16.1 Å². The van der Waals surface area contributed by atoms with Crippen LogP contribution in [0.15, 0.2) is 42.7 Å². The van der Waals surface area contributed by atoms with Crippen molar-refractivity contribution in [3.05, 3.63) is 52.8 Å². The number of aromatic nitrogens is 5. The Morgan fingerprint density at radius 1 is 1.00 bits per heavy atom. The predicted octanol–water partition coefficient (Wildman–Crippen LogP) is 4.22. The van der Waals surface area contributed by atoms with Crippen molar-refractivity contribution >= 4 is 39.5 Å². The summed E-state index contributed by atoms with van der Waals surface area (Å²) < 4.78 is 1.70. The van der Waals surface area contributed by atoms with Crippen molar-refractivity contribution in [3.63, 3.8) is 0 Å². The molecule has 0 aliphatic carbocycles. The summed E-state index contributed by atoms with van der Waals surface area (Å²) in [6.45, 7) is 0. The molecule has 0 saturated carbocycles. The fourth-order valence-corrected chi connectivity index (χ4v) is 3.37. The van der Waals surface area contributed by atoms with Crippen LogP contribution in [0.5, 0.6) is 0 Å². The fourth-order valence-electron chi connectivity index (χ4n) is 2.07. The topological polar surface area (TPSA) is 56.0 Å². The summed E-state index contributed by atoms with van der Waals surface area (Å²) in [7, 11) is 0. The molecule has 8 heteroatoms. The minimum Gasteiger partial charge on any atom is -0.265 e. The van der Waals surface area contributed by atoms with E-state index >= 15 is 0 Å². The third-order valence-electron chi connectivity index (χ3n) is 3.09. The Bertz CT molecular complexity index is 964. The van der Waals surface area contributed by atoms with Gasteiger partial charge < -0.3 is 0 Å². The summed E-state index contributed by atoms with van der Waals surface area (Å²) in [6.07, 6.45) is 3.41. The van der Waals surface area contributed by atoms with E-state index in [1.165, 1.54) is 11.3 Å². The first-order valence-corrected chi connectivity index (χ1v) is 7.88. The molecular formula is C14H7Cl2N5S. The van der Waals surface area contributed by atoms with Gasteiger partial charge in [-0.2, -0.15) is 9.61 Å². The second-order valence-electron chi connectivity index (χ2n) is 4.49. The lowest BCUT2D eigenvalue weighted by Gasteiger charge is -2.00. The molecule has 0 N–H and O–H groups in total. The Morgan fingerprint density at radius 2 is 1.82 bits per heavy atom. The van der Waals surface area contributed by atoms with Gasteiger partial charge in [0.25, 0.3) is 0 Å². The van der Waals surface area contributed by atoms with Gasteiger partial charge in [0.1, 0.15) is 5.01 Å². The number of hydrogen-bond donors (Lipinski definition) is 0. The van der Waals surface area contributed by atoms with Gasteiger partial charge in [-0.1, -0.05) is 34.5 Å². The summed E-state index contributed by atoms with van der Waals surface area (Å²) >= 11 is 13.7. The summed E-state index contributed by atoms with van der Waals surface area (Å²) in [5.41, 5.74) is 1.68. The van der Waals surface area contributed by atoms with Gasteiger partial charge in [-0.3, -0.25) is 4.98 Å². The molecule has 0 fully saturated rings. The number of benzene rings is 1. The van der Waals surface area contributed by atoms with E-state index in [0.29, 0.717) is 20.8 Å². The molecule has 0 radical (unpaired) electrons. The highest BCUT2D eigenvalue weighted by molar-refractivity contribution is 7.19. The van der Waals surface area contributed by atoms with Crippen molar-refractivity contribution in [1.29, 1.82) is 0 Å². The van der Waals surface area contributed by atoms with Gasteiger partial charge in [-0.05, 0) is 30.3 Å². The van der Waals surface area contributed by atoms with Crippen LogP contribution >= 0.6 is 34.5 Å². The van der Waals surface area contributed by atoms with Crippen molar-refractivity contribution in [3.8, 4) is 22.0 Å². The molecule has 4 aromatic rings. The highest BCUT2D eigenvalue weighted by Gasteiger charge is 2.16. The smallest absolute Gasteiger partial charge is 0.235 e. The van der Waals surface area contributed by atoms with E-state index in [-0.39, 0.29) is 0 Å². The molecule has 3 aromatic heterocycles. The van der Waals surface area contributed by atoms with Crippen LogP contribution in [-0.2, 0) is 0 Å². The highest BCUT2D eigenvalue weighted by atomic mass is 35.5. The van der Waals surface area contributed by atoms with Crippen LogP contribution in [0.25, 0.3) is 26.9 Å². The molecule has 108 valence electrons. The number of halogens is 2. The zero-order chi connectivity index (χ0) is 15.1. The van der Waals surface area contributed by atoms with Crippen molar-refractivity contribution < 1.29 is 0 Å². The third-order valence-corrected chi connectivity index (χ3v) is 4.58. The Kier molecular flexibility index (Phi) is 3.29. The number of fused-ring (bicyclic) bond motifs is 1. The molecule has 0 spiro atoms. The van der Waals surface area contributed by atoms with Crippen LogP contribution in [-0.4, -0.2) is 24.8 Å². The average molecular weight is 348 g/mol. The zero-order valence-corrected chi connectivity index (χ0v) is 13.3. The molecule has 0 bridgehead atoms. The SMILES string of the molecule is Clc1ccc(Cl)c(-c2nn3c(-c4ccncc4)nnc3s2)c1. The summed E-state index contributed by atoms with van der Waals surface area (Å²) in [4.78, 5) is 4.69. The molecule has 22 heavy (non-hydrogen) atoms. The van der Waals surface area contributed by atoms with Gasteiger partial charge >= 0.3 is 0 Å². The summed E-state index contributed by atoms with van der Waals surface area (Å²) in [5.74, 6) is 0.665. The number of hydrogen-bond acceptors (Lipinski definition) is 5. The monoisotopic (exact) mass is 347 g/mol. The van der Waals surface area contributed by atoms with E-state index < -0.39 is 0 Å². The van der Waals surface area contributed by atoms with Gasteiger partial charge in [0.15, 0.2) is 5.82 Å². The molecular weight excluding hydrogens is 341 g/mol. The fraction of sp³-hybridized carbons (Fsp3) is 0. The van der Waals surface area contributed by atoms with E-state index in [9.17, 15) is 0 Å². The van der Waals surface area contributed by atoms with Gasteiger partial charge in [-0.15, -0.1) is 10.2 Å². The van der Waals surface area contributed by atoms with Crippen molar-refractivity contribution in [2.24, 2.45) is 0 Å². The summed E-state index contributed by atoms with van der Waals surface area (Å²) in [5, 5.41) is 14.9. The zero-order valence-electron chi connectivity index (χ0n) is 10.9. The third kappa shape index (κ3) is 2.25. The van der Waals surface area contributed by atoms with E-state index in [2.05, 4.69) is 20.3 Å². The maximum absolute atomic E-state index is 6.24. The Balaban J connectivity index is 1.89. The quantitative estimate of drug-likeness (QED) is 0.544. The van der Waals surface area contributed by atoms with Crippen LogP contribution < -0.4 is 0 Å². The first-order chi connectivity index (χ1) is 10.7. The van der Waals surface area contributed by atoms with Crippen molar-refractivity contribution in [2.45, 2.75) is 0 Å². The lowest BCUT2D eigenvalue weighted by atomic mass is 10.2. The molecule has 5 nitrogen and oxygen atoms in total. The molecule has 3 heterocycles. The predicted molar refractivity (Wildman–Crippen MR) is 87.3 cm³/mol. The van der Waals surface area contributed by atoms with Crippen LogP contribution in [0.3, 0.4) is 0 Å². The minimum absolute atomic E-state index is 0.597. The average Bonchev–Trinajstić information content (AvgIpc) is 3.10. The minimum atomic E-state index is 0.597. The van der Waals surface area contributed by atoms with E-state index in [1.807, 2.05) is 12.1 Å². The molecule has 0 saturated heterocycles. The molecule has 0 aliphatic heterocycles. The number of nitrogens with zero attached hydrogens (tertiary/aromatic N) is 5. The lowest BCUT2D eigenvalue weighted by molar-refractivity contribution is 0.970. The second-order valence-corrected chi connectivity index (χ2v) is 6.28. The normalized spacial score (nSPS) is 11.2. The molecule has 0 unspecified atom stereocenters. The number of pyridine rings is 1. The van der Waals surface area contributed by atoms with Crippen LogP contribution in [0.4, 0.5) is 0 Å². The highest BCUT2D eigenvalue weighted by Crippen LogP contribution is 2.34. The van der Waals surface area contributed by atoms with Crippen LogP contribution in [0.1, 0.15) is 0 Å². The van der Waals surface area contributed by atoms with Crippen molar-refractivity contribution in [1.82, 2.24) is 24.8 Å². The van der Waals surface area contributed by atoms with Crippen molar-refractivity contribution in [2.75, 3.05) is 0 Å². The second kappa shape index (κ2) is 5.31. The van der Waals surface area contributed by atoms with Crippen LogP contribution in [0.2, 0.25) is 10.0 Å². The first kappa shape index (κ1) is 13.6. The Labute approximate surface area is 139 Å². The maximum Gasteiger partial charge on any atom is 0.235 e. The standard InChI is InChI=1S/C14H7Cl2N5S/c15-9-1-2-11(16)10(7-9)13-20-21-12(18-19-14(21)22-13)8-3-5-17-6-4-8/h1-7H. The van der Waals surface area contributed by atoms with E-state index in [1.54, 1.807) is 35.1 Å². The van der Waals surface area contributed by atoms with Gasteiger partial charge in [-0.25, -0.2) is 0 Å². The van der Waals surface area contributed by atoms with Gasteiger partial charge in [0.2, 0.25) is 4.96 Å². The summed E-state index contributed by atoms with van der Waals surface area (Å²) in [6, 6.07) is 9.02. The molecule has 0 amide bonds. The lowest BCUT2D eigenvalue weighted by Crippen LogP contribution is -1.91. The van der Waals surface area contributed by atoms with Crippen LogP contribution in [0, 0.1) is 0 Å². The van der Waals surface area contributed by atoms with Gasteiger partial charge in [0.05, 0.1) is 5.02 Å².